The smallest absolute Gasteiger partial charge is 0.410 e. The maximum atomic E-state index is 13.6. The number of benzene rings is 2. The molecular formula is C74H101ClN4O12S2. The van der Waals surface area contributed by atoms with Gasteiger partial charge in [0.05, 0.1) is 59.4 Å². The highest BCUT2D eigenvalue weighted by atomic mass is 35.7. The third-order valence-electron chi connectivity index (χ3n) is 25.6. The summed E-state index contributed by atoms with van der Waals surface area (Å²) in [5, 5.41) is 16.9. The first-order valence-corrected chi connectivity index (χ1v) is 39.2. The van der Waals surface area contributed by atoms with Crippen LogP contribution in [-0.2, 0) is 55.6 Å². The van der Waals surface area contributed by atoms with Crippen LogP contribution in [0.4, 0.5) is 9.59 Å². The molecule has 14 rings (SSSR count). The second-order valence-electron chi connectivity index (χ2n) is 31.3. The van der Waals surface area contributed by atoms with Gasteiger partial charge in [0.15, 0.2) is 0 Å². The quantitative estimate of drug-likeness (QED) is 0.124. The summed E-state index contributed by atoms with van der Waals surface area (Å²) in [5.41, 5.74) is 9.74. The lowest BCUT2D eigenvalue weighted by Crippen LogP contribution is -2.54. The van der Waals surface area contributed by atoms with Crippen LogP contribution in [0.3, 0.4) is 0 Å². The van der Waals surface area contributed by atoms with Gasteiger partial charge in [0.25, 0.3) is 0 Å². The Bertz CT molecular complexity index is 3550. The third-order valence-corrected chi connectivity index (χ3v) is 25.9. The van der Waals surface area contributed by atoms with Gasteiger partial charge in [0.2, 0.25) is 9.05 Å². The molecule has 20 atom stereocenters. The number of carbonyl (C=O) groups is 2. The van der Waals surface area contributed by atoms with E-state index in [9.17, 15) is 31.6 Å². The van der Waals surface area contributed by atoms with Crippen LogP contribution < -0.4 is 0 Å². The second kappa shape index (κ2) is 26.4. The van der Waals surface area contributed by atoms with Crippen molar-refractivity contribution in [3.05, 3.63) is 118 Å². The van der Waals surface area contributed by atoms with Crippen LogP contribution in [0.2, 0.25) is 0 Å². The number of piperidine rings is 2. The molecule has 8 aliphatic carbocycles. The molecule has 1 N–H and O–H groups in total. The lowest BCUT2D eigenvalue weighted by Gasteiger charge is -2.50. The normalized spacial score (nSPS) is 40.6. The highest BCUT2D eigenvalue weighted by molar-refractivity contribution is 8.13. The standard InChI is InChI=1S/C37H50N2O6S.C36H48N2O4.CH3ClO2S/c1-23-17-33-34(39(21-23)35(40)43-22-26-9-7-6-8-10-26)25(3)37(44-33)16-14-29-30-12-11-27-18-28(38-45-46(5,41)42)13-15-36(27,4)32(30)19-31(29)24(2)20-37;1-22-16-32-33(38(20-22)34(39)41-21-25-8-6-5-7-9-25)24(3)36(42-32)15-13-28-29-11-10-26-17-27(37-40)12-14-35(26,4)31(29)18-30(28)23(2)19-36;1-5(2,3)4/h6-10,13,15,23,25,27,29-30,32-34H,11-12,14,16-22H2,1-5H3;5-9,12,14,22,24,26,28-29,31-33,40H,10-11,13,15-21H2,1-4H3;1H3/t23-,25+,27+,29-,30-,32-,33+,34-,36-,37-;22-,24+,26+,28-,29-,31-,32+,33-,35-,36-;/m00./s1. The number of fused-ring (bicyclic) bond motifs is 12. The van der Waals surface area contributed by atoms with Crippen molar-refractivity contribution in [1.29, 1.82) is 0 Å². The van der Waals surface area contributed by atoms with Crippen molar-refractivity contribution in [3.63, 3.8) is 0 Å². The van der Waals surface area contributed by atoms with Crippen LogP contribution in [0.15, 0.2) is 118 Å². The number of halogens is 1. The van der Waals surface area contributed by atoms with Crippen LogP contribution in [0.25, 0.3) is 0 Å². The number of carbonyl (C=O) groups excluding carboxylic acids is 2. The Morgan fingerprint density at radius 2 is 1.03 bits per heavy atom. The number of allylic oxidation sites excluding steroid dienone is 6. The van der Waals surface area contributed by atoms with Gasteiger partial charge in [-0.1, -0.05) is 147 Å². The van der Waals surface area contributed by atoms with Crippen molar-refractivity contribution in [2.24, 2.45) is 92.2 Å². The molecule has 19 heteroatoms. The van der Waals surface area contributed by atoms with Crippen molar-refractivity contribution in [3.8, 4) is 0 Å². The van der Waals surface area contributed by atoms with Gasteiger partial charge in [-0.2, -0.15) is 8.42 Å². The van der Waals surface area contributed by atoms with Crippen molar-refractivity contribution < 1.29 is 54.9 Å². The van der Waals surface area contributed by atoms with E-state index >= 15 is 0 Å². The van der Waals surface area contributed by atoms with Crippen LogP contribution in [0, 0.1) is 81.8 Å². The van der Waals surface area contributed by atoms with E-state index in [-0.39, 0.29) is 77.0 Å². The van der Waals surface area contributed by atoms with Gasteiger partial charge < -0.3 is 34.0 Å². The Morgan fingerprint density at radius 1 is 0.624 bits per heavy atom. The van der Waals surface area contributed by atoms with Crippen LogP contribution in [0.1, 0.15) is 169 Å². The molecule has 93 heavy (non-hydrogen) atoms. The van der Waals surface area contributed by atoms with Crippen molar-refractivity contribution >= 4 is 53.5 Å². The number of hydrogen-bond acceptors (Lipinski definition) is 14. The fourth-order valence-corrected chi connectivity index (χ4v) is 21.4. The van der Waals surface area contributed by atoms with E-state index in [1.54, 1.807) is 16.7 Å². The SMILES string of the molecule is CC1=C2C[C@H]3[C@@H](CC[C@@H]4CC(=NO)C=C[C@@]43C)[C@@H]2CC[C@@]2(C1)O[C@@H]1C[C@H](C)CN(C(=O)OCc3ccccc3)[C@H]1[C@H]2C.CC1=C2C[C@H]3[C@@H](CC[C@@H]4CC(=NOS(C)(=O)=O)C=C[C@@]43C)[C@@H]2CC[C@@]2(C1)O[C@@H]1C[C@H](C)CN(C(=O)OCc3ccccc3)[C@H]1[C@H]2C.CS(=O)(=O)Cl. The van der Waals surface area contributed by atoms with Gasteiger partial charge in [0, 0.05) is 35.6 Å². The summed E-state index contributed by atoms with van der Waals surface area (Å²) in [6, 6.07) is 20.0. The molecule has 4 saturated carbocycles. The lowest BCUT2D eigenvalue weighted by molar-refractivity contribution is -0.0789. The maximum Gasteiger partial charge on any atom is 0.410 e. The number of hydrogen-bond donors (Lipinski definition) is 1. The Morgan fingerprint density at radius 3 is 1.44 bits per heavy atom. The molecule has 508 valence electrons. The number of nitrogens with zero attached hydrogens (tertiary/aromatic N) is 4. The highest BCUT2D eigenvalue weighted by Gasteiger charge is 2.63. The molecule has 0 bridgehead atoms. The molecule has 8 fully saturated rings. The van der Waals surface area contributed by atoms with Crippen LogP contribution >= 0.6 is 10.7 Å². The zero-order valence-corrected chi connectivity index (χ0v) is 58.8. The largest absolute Gasteiger partial charge is 0.445 e. The minimum atomic E-state index is -3.61. The predicted molar refractivity (Wildman–Crippen MR) is 361 cm³/mol. The van der Waals surface area contributed by atoms with E-state index in [0.717, 1.165) is 112 Å². The average Bonchev–Trinajstić information content (AvgIpc) is 1.60. The van der Waals surface area contributed by atoms with Gasteiger partial charge in [-0.05, 0) is 210 Å². The third kappa shape index (κ3) is 13.6. The summed E-state index contributed by atoms with van der Waals surface area (Å²) < 4.78 is 72.7. The summed E-state index contributed by atoms with van der Waals surface area (Å²) in [6.07, 6.45) is 27.5. The molecule has 2 aromatic rings. The van der Waals surface area contributed by atoms with E-state index in [4.69, 9.17) is 23.2 Å². The Kier molecular flexibility index (Phi) is 19.3. The molecule has 16 nitrogen and oxygen atoms in total. The molecule has 2 spiro atoms. The first-order chi connectivity index (χ1) is 44.1. The molecule has 0 radical (unpaired) electrons. The van der Waals surface area contributed by atoms with Gasteiger partial charge in [0.1, 0.15) is 13.2 Å². The first kappa shape index (κ1) is 67.9. The van der Waals surface area contributed by atoms with Gasteiger partial charge >= 0.3 is 22.3 Å². The lowest BCUT2D eigenvalue weighted by atomic mass is 9.54. The van der Waals surface area contributed by atoms with Crippen molar-refractivity contribution in [1.82, 2.24) is 9.80 Å². The van der Waals surface area contributed by atoms with Gasteiger partial charge in [-0.3, -0.25) is 4.28 Å². The van der Waals surface area contributed by atoms with Crippen LogP contribution in [0.5, 0.6) is 0 Å². The highest BCUT2D eigenvalue weighted by Crippen LogP contribution is 2.66. The summed E-state index contributed by atoms with van der Waals surface area (Å²) in [4.78, 5) is 31.1. The number of rotatable bonds is 6. The zero-order valence-electron chi connectivity index (χ0n) is 56.4. The fourth-order valence-electron chi connectivity index (χ4n) is 21.2. The number of amides is 2. The minimum absolute atomic E-state index is 0.0345. The van der Waals surface area contributed by atoms with E-state index in [2.05, 4.69) is 94.6 Å². The zero-order chi connectivity index (χ0) is 66.2. The maximum absolute atomic E-state index is 13.6. The molecule has 0 aromatic heterocycles. The molecule has 12 aliphatic rings. The Labute approximate surface area is 557 Å². The summed E-state index contributed by atoms with van der Waals surface area (Å²) in [7, 11) is -2.31. The molecule has 2 amide bonds. The molecule has 4 heterocycles. The van der Waals surface area contributed by atoms with Gasteiger partial charge in [-0.25, -0.2) is 18.0 Å². The number of ether oxygens (including phenoxy) is 4. The average molecular weight is 1340 g/mol. The van der Waals surface area contributed by atoms with E-state index in [1.165, 1.54) is 37.7 Å². The molecule has 4 saturated heterocycles. The molecule has 0 unspecified atom stereocenters. The Hall–Kier alpha value is -5.01. The van der Waals surface area contributed by atoms with Gasteiger partial charge in [-0.15, -0.1) is 0 Å². The monoisotopic (exact) mass is 1340 g/mol. The second-order valence-corrected chi connectivity index (χ2v) is 35.9. The first-order valence-electron chi connectivity index (χ1n) is 34.7. The summed E-state index contributed by atoms with van der Waals surface area (Å²) in [6.45, 7) is 20.8. The topological polar surface area (TPSA) is 200 Å². The van der Waals surface area contributed by atoms with E-state index < -0.39 is 19.2 Å². The van der Waals surface area contributed by atoms with E-state index in [0.29, 0.717) is 72.3 Å². The molecule has 4 aliphatic heterocycles. The number of likely N-dealkylation sites (tertiary alicyclic amines) is 2. The van der Waals surface area contributed by atoms with E-state index in [1.807, 2.05) is 76.5 Å². The summed E-state index contributed by atoms with van der Waals surface area (Å²) >= 11 is 0. The number of oxime groups is 2. The molecular weight excluding hydrogens is 1240 g/mol. The minimum Gasteiger partial charge on any atom is -0.445 e. The molecule has 2 aromatic carbocycles. The van der Waals surface area contributed by atoms with Crippen molar-refractivity contribution in [2.45, 2.75) is 207 Å². The Balaban J connectivity index is 0.000000167. The predicted octanol–water partition coefficient (Wildman–Crippen LogP) is 15.2. The fraction of sp³-hybridized carbons (Fsp3) is 0.676. The summed E-state index contributed by atoms with van der Waals surface area (Å²) in [5.74, 6) is 6.04. The van der Waals surface area contributed by atoms with Crippen LogP contribution in [-0.4, -0.2) is 117 Å². The van der Waals surface area contributed by atoms with Crippen molar-refractivity contribution in [2.75, 3.05) is 25.6 Å².